The molecule has 0 saturated carbocycles. The Labute approximate surface area is 238 Å². The van der Waals surface area contributed by atoms with Gasteiger partial charge in [-0.25, -0.2) is 8.78 Å². The monoisotopic (exact) mass is 564 g/mol. The van der Waals surface area contributed by atoms with Crippen LogP contribution >= 0.6 is 11.8 Å². The van der Waals surface area contributed by atoms with Crippen molar-refractivity contribution in [3.63, 3.8) is 0 Å². The first-order chi connectivity index (χ1) is 19.4. The first-order valence-corrected chi connectivity index (χ1v) is 14.6. The lowest BCUT2D eigenvalue weighted by molar-refractivity contribution is -0.128. The highest BCUT2D eigenvalue weighted by atomic mass is 32.2. The summed E-state index contributed by atoms with van der Waals surface area (Å²) in [6.45, 7) is 7.14. The zero-order valence-electron chi connectivity index (χ0n) is 22.6. The molecule has 1 fully saturated rings. The third kappa shape index (κ3) is 6.64. The van der Waals surface area contributed by atoms with Gasteiger partial charge in [-0.1, -0.05) is 31.2 Å². The Morgan fingerprint density at radius 3 is 2.30 bits per heavy atom. The molecule has 3 aromatic rings. The first kappa shape index (κ1) is 28.1. The zero-order valence-corrected chi connectivity index (χ0v) is 23.4. The summed E-state index contributed by atoms with van der Waals surface area (Å²) >= 11 is 1.43. The van der Waals surface area contributed by atoms with Gasteiger partial charge in [0.1, 0.15) is 16.9 Å². The number of carbonyl (C=O) groups is 2. The molecule has 0 aromatic heterocycles. The maximum atomic E-state index is 13.6. The van der Waals surface area contributed by atoms with Gasteiger partial charge in [-0.2, -0.15) is 0 Å². The number of hydrogen-bond donors (Lipinski definition) is 1. The summed E-state index contributed by atoms with van der Waals surface area (Å²) in [5.74, 6) is -1.30. The predicted molar refractivity (Wildman–Crippen MR) is 156 cm³/mol. The van der Waals surface area contributed by atoms with Gasteiger partial charge >= 0.3 is 0 Å². The average Bonchev–Trinajstić information content (AvgIpc) is 2.98. The standard InChI is InChI=1S/C31H34F2N4O2S/c1-22(30(38)34-15-4-16-35-17-19-36(20-18-35)26-13-11-25(33)12-14-26)29-31(39)37(21-23-7-9-24(32)10-8-23)27-5-2-3-6-28(27)40-29/h2-3,5-14,22,29H,4,15-21H2,1H3,(H,34,38)/t22-,29+/m0/s1. The number of amides is 2. The summed E-state index contributed by atoms with van der Waals surface area (Å²) in [6.07, 6.45) is 0.820. The first-order valence-electron chi connectivity index (χ1n) is 13.7. The van der Waals surface area contributed by atoms with E-state index in [2.05, 4.69) is 15.1 Å². The van der Waals surface area contributed by atoms with Crippen LogP contribution in [-0.2, 0) is 16.1 Å². The SMILES string of the molecule is C[C@H](C(=O)NCCCN1CCN(c2ccc(F)cc2)CC1)[C@H]1Sc2ccccc2N(Cc2ccc(F)cc2)C1=O. The predicted octanol–water partition coefficient (Wildman–Crippen LogP) is 4.94. The molecule has 5 rings (SSSR count). The van der Waals surface area contributed by atoms with Crippen molar-refractivity contribution in [3.8, 4) is 0 Å². The summed E-state index contributed by atoms with van der Waals surface area (Å²) in [7, 11) is 0. The van der Waals surface area contributed by atoms with Gasteiger partial charge in [-0.3, -0.25) is 14.5 Å². The molecule has 2 aliphatic heterocycles. The van der Waals surface area contributed by atoms with Gasteiger partial charge in [0.2, 0.25) is 11.8 Å². The molecule has 9 heteroatoms. The van der Waals surface area contributed by atoms with Gasteiger partial charge in [-0.05, 0) is 67.1 Å². The van der Waals surface area contributed by atoms with E-state index in [1.165, 1.54) is 36.0 Å². The largest absolute Gasteiger partial charge is 0.369 e. The molecule has 0 radical (unpaired) electrons. The summed E-state index contributed by atoms with van der Waals surface area (Å²) in [5.41, 5.74) is 2.67. The Morgan fingerprint density at radius 2 is 1.60 bits per heavy atom. The molecule has 0 aliphatic carbocycles. The second kappa shape index (κ2) is 12.8. The Hall–Kier alpha value is -3.43. The van der Waals surface area contributed by atoms with Gasteiger partial charge in [0.15, 0.2) is 0 Å². The maximum absolute atomic E-state index is 13.6. The van der Waals surface area contributed by atoms with Crippen molar-refractivity contribution in [1.82, 2.24) is 10.2 Å². The highest BCUT2D eigenvalue weighted by Gasteiger charge is 2.39. The van der Waals surface area contributed by atoms with Gasteiger partial charge in [-0.15, -0.1) is 11.8 Å². The van der Waals surface area contributed by atoms with Crippen molar-refractivity contribution in [2.24, 2.45) is 5.92 Å². The van der Waals surface area contributed by atoms with Crippen LogP contribution in [0, 0.1) is 17.6 Å². The molecular weight excluding hydrogens is 530 g/mol. The molecule has 210 valence electrons. The molecule has 2 aliphatic rings. The number of nitrogens with one attached hydrogen (secondary N) is 1. The fraction of sp³-hybridized carbons (Fsp3) is 0.355. The Morgan fingerprint density at radius 1 is 0.950 bits per heavy atom. The van der Waals surface area contributed by atoms with Gasteiger partial charge < -0.3 is 15.1 Å². The molecule has 2 heterocycles. The lowest BCUT2D eigenvalue weighted by Gasteiger charge is -2.36. The summed E-state index contributed by atoms with van der Waals surface area (Å²) < 4.78 is 26.6. The van der Waals surface area contributed by atoms with Crippen molar-refractivity contribution >= 4 is 35.0 Å². The molecule has 0 unspecified atom stereocenters. The van der Waals surface area contributed by atoms with Gasteiger partial charge in [0.05, 0.1) is 18.2 Å². The molecule has 0 spiro atoms. The smallest absolute Gasteiger partial charge is 0.241 e. The number of anilines is 2. The van der Waals surface area contributed by atoms with Crippen molar-refractivity contribution in [2.75, 3.05) is 49.1 Å². The van der Waals surface area contributed by atoms with E-state index in [-0.39, 0.29) is 23.4 Å². The summed E-state index contributed by atoms with van der Waals surface area (Å²) in [5, 5.41) is 2.49. The van der Waals surface area contributed by atoms with E-state index in [1.807, 2.05) is 43.3 Å². The van der Waals surface area contributed by atoms with Crippen LogP contribution in [0.15, 0.2) is 77.7 Å². The number of carbonyl (C=O) groups excluding carboxylic acids is 2. The lowest BCUT2D eigenvalue weighted by atomic mass is 10.0. The number of piperazine rings is 1. The quantitative estimate of drug-likeness (QED) is 0.374. The van der Waals surface area contributed by atoms with Crippen molar-refractivity contribution in [1.29, 1.82) is 0 Å². The summed E-state index contributed by atoms with van der Waals surface area (Å²) in [4.78, 5) is 34.0. The van der Waals surface area contributed by atoms with E-state index in [0.717, 1.165) is 61.0 Å². The Kier molecular flexibility index (Phi) is 9.01. The Balaban J connectivity index is 1.11. The molecule has 1 N–H and O–H groups in total. The number of para-hydroxylation sites is 1. The van der Waals surface area contributed by atoms with E-state index in [9.17, 15) is 18.4 Å². The average molecular weight is 565 g/mol. The minimum absolute atomic E-state index is 0.116. The van der Waals surface area contributed by atoms with Crippen LogP contribution in [0.25, 0.3) is 0 Å². The molecule has 0 bridgehead atoms. The second-order valence-corrected chi connectivity index (χ2v) is 11.5. The normalized spacial score (nSPS) is 18.4. The van der Waals surface area contributed by atoms with E-state index in [4.69, 9.17) is 0 Å². The molecule has 2 atom stereocenters. The van der Waals surface area contributed by atoms with Crippen LogP contribution in [0.4, 0.5) is 20.2 Å². The van der Waals surface area contributed by atoms with E-state index < -0.39 is 11.2 Å². The summed E-state index contributed by atoms with van der Waals surface area (Å²) in [6, 6.07) is 20.5. The molecule has 1 saturated heterocycles. The molecular formula is C31H34F2N4O2S. The molecule has 6 nitrogen and oxygen atoms in total. The number of thioether (sulfide) groups is 1. The Bertz CT molecular complexity index is 1310. The van der Waals surface area contributed by atoms with E-state index in [1.54, 1.807) is 17.0 Å². The fourth-order valence-electron chi connectivity index (χ4n) is 5.19. The molecule has 40 heavy (non-hydrogen) atoms. The van der Waals surface area contributed by atoms with Crippen molar-refractivity contribution < 1.29 is 18.4 Å². The number of hydrogen-bond acceptors (Lipinski definition) is 5. The third-order valence-electron chi connectivity index (χ3n) is 7.56. The van der Waals surface area contributed by atoms with Gasteiger partial charge in [0, 0.05) is 43.3 Å². The van der Waals surface area contributed by atoms with Gasteiger partial charge in [0.25, 0.3) is 0 Å². The highest BCUT2D eigenvalue weighted by molar-refractivity contribution is 8.01. The number of nitrogens with zero attached hydrogens (tertiary/aromatic N) is 3. The molecule has 2 amide bonds. The number of halogens is 2. The zero-order chi connectivity index (χ0) is 28.1. The lowest BCUT2D eigenvalue weighted by Crippen LogP contribution is -2.48. The van der Waals surface area contributed by atoms with Crippen LogP contribution in [0.2, 0.25) is 0 Å². The fourth-order valence-corrected chi connectivity index (χ4v) is 6.47. The van der Waals surface area contributed by atoms with Crippen molar-refractivity contribution in [3.05, 3.63) is 90.0 Å². The van der Waals surface area contributed by atoms with E-state index >= 15 is 0 Å². The maximum Gasteiger partial charge on any atom is 0.241 e. The third-order valence-corrected chi connectivity index (χ3v) is 9.02. The van der Waals surface area contributed by atoms with E-state index in [0.29, 0.717) is 13.1 Å². The van der Waals surface area contributed by atoms with Crippen LogP contribution in [-0.4, -0.2) is 61.2 Å². The van der Waals surface area contributed by atoms with Crippen LogP contribution in [0.1, 0.15) is 18.9 Å². The second-order valence-electron chi connectivity index (χ2n) is 10.3. The highest BCUT2D eigenvalue weighted by Crippen LogP contribution is 2.42. The number of benzene rings is 3. The van der Waals surface area contributed by atoms with Crippen LogP contribution in [0.5, 0.6) is 0 Å². The number of fused-ring (bicyclic) bond motifs is 1. The minimum atomic E-state index is -0.546. The topological polar surface area (TPSA) is 55.9 Å². The van der Waals surface area contributed by atoms with Crippen molar-refractivity contribution in [2.45, 2.75) is 30.0 Å². The minimum Gasteiger partial charge on any atom is -0.369 e. The van der Waals surface area contributed by atoms with Crippen LogP contribution < -0.4 is 15.1 Å². The molecule has 3 aromatic carbocycles. The van der Waals surface area contributed by atoms with Crippen LogP contribution in [0.3, 0.4) is 0 Å². The number of rotatable bonds is 9.